The van der Waals surface area contributed by atoms with Crippen molar-refractivity contribution in [3.8, 4) is 17.0 Å². The van der Waals surface area contributed by atoms with Crippen molar-refractivity contribution in [1.29, 1.82) is 0 Å². The third-order valence-electron chi connectivity index (χ3n) is 4.46. The van der Waals surface area contributed by atoms with Crippen molar-refractivity contribution in [2.75, 3.05) is 25.1 Å². The van der Waals surface area contributed by atoms with Crippen LogP contribution in [-0.2, 0) is 4.79 Å². The number of carboxylic acids is 1. The van der Waals surface area contributed by atoms with E-state index in [1.54, 1.807) is 11.6 Å². The molecular formula is C17H18N4O3S. The lowest BCUT2D eigenvalue weighted by atomic mass is 9.99. The molecule has 0 aliphatic carbocycles. The molecule has 0 radical (unpaired) electrons. The molecular weight excluding hydrogens is 340 g/mol. The fraction of sp³-hybridized carbons (Fsp3) is 0.353. The monoisotopic (exact) mass is 358 g/mol. The van der Waals surface area contributed by atoms with Gasteiger partial charge in [-0.3, -0.25) is 4.79 Å². The van der Waals surface area contributed by atoms with E-state index < -0.39 is 5.97 Å². The van der Waals surface area contributed by atoms with Gasteiger partial charge in [-0.05, 0) is 37.1 Å². The van der Waals surface area contributed by atoms with Crippen LogP contribution >= 0.6 is 11.3 Å². The molecule has 0 bridgehead atoms. The van der Waals surface area contributed by atoms with Gasteiger partial charge in [0.2, 0.25) is 10.1 Å². The molecule has 130 valence electrons. The second-order valence-electron chi connectivity index (χ2n) is 6.09. The Morgan fingerprint density at radius 3 is 2.84 bits per heavy atom. The highest BCUT2D eigenvalue weighted by atomic mass is 32.1. The number of hydrogen-bond acceptors (Lipinski definition) is 6. The number of piperidine rings is 1. The number of anilines is 1. The molecule has 1 atom stereocenters. The lowest BCUT2D eigenvalue weighted by Crippen LogP contribution is -2.38. The maximum Gasteiger partial charge on any atom is 0.308 e. The first-order valence-electron chi connectivity index (χ1n) is 8.12. The zero-order chi connectivity index (χ0) is 17.4. The van der Waals surface area contributed by atoms with E-state index in [0.717, 1.165) is 46.5 Å². The summed E-state index contributed by atoms with van der Waals surface area (Å²) in [5.74, 6) is -0.240. The molecule has 25 heavy (non-hydrogen) atoms. The molecule has 1 aromatic carbocycles. The molecule has 0 unspecified atom stereocenters. The van der Waals surface area contributed by atoms with E-state index in [0.29, 0.717) is 6.54 Å². The zero-order valence-corrected chi connectivity index (χ0v) is 14.6. The minimum atomic E-state index is -0.729. The number of hydrogen-bond donors (Lipinski definition) is 1. The summed E-state index contributed by atoms with van der Waals surface area (Å²) >= 11 is 1.49. The number of methoxy groups -OCH3 is 1. The van der Waals surface area contributed by atoms with Crippen LogP contribution in [0.2, 0.25) is 0 Å². The van der Waals surface area contributed by atoms with E-state index in [9.17, 15) is 9.90 Å². The third-order valence-corrected chi connectivity index (χ3v) is 5.44. The number of fused-ring (bicyclic) bond motifs is 1. The first-order chi connectivity index (χ1) is 12.1. The smallest absolute Gasteiger partial charge is 0.308 e. The molecule has 1 fully saturated rings. The molecule has 1 aliphatic heterocycles. The van der Waals surface area contributed by atoms with Gasteiger partial charge in [-0.25, -0.2) is 9.50 Å². The molecule has 0 saturated carbocycles. The number of nitrogens with zero attached hydrogens (tertiary/aromatic N) is 4. The topological polar surface area (TPSA) is 80.0 Å². The van der Waals surface area contributed by atoms with E-state index in [-0.39, 0.29) is 5.92 Å². The van der Waals surface area contributed by atoms with Gasteiger partial charge in [-0.2, -0.15) is 0 Å². The summed E-state index contributed by atoms with van der Waals surface area (Å²) in [6.45, 7) is 1.35. The van der Waals surface area contributed by atoms with E-state index in [1.165, 1.54) is 11.3 Å². The highest BCUT2D eigenvalue weighted by Crippen LogP contribution is 2.30. The van der Waals surface area contributed by atoms with Crippen LogP contribution in [0.3, 0.4) is 0 Å². The minimum absolute atomic E-state index is 0.320. The van der Waals surface area contributed by atoms with Crippen LogP contribution in [0.25, 0.3) is 16.2 Å². The van der Waals surface area contributed by atoms with Crippen molar-refractivity contribution in [2.45, 2.75) is 12.8 Å². The summed E-state index contributed by atoms with van der Waals surface area (Å²) in [5.41, 5.74) is 1.86. The van der Waals surface area contributed by atoms with Crippen molar-refractivity contribution < 1.29 is 14.6 Å². The van der Waals surface area contributed by atoms with E-state index in [1.807, 2.05) is 30.5 Å². The molecule has 1 aliphatic rings. The van der Waals surface area contributed by atoms with Crippen LogP contribution in [0.5, 0.6) is 5.75 Å². The number of carboxylic acid groups (broad SMARTS) is 1. The van der Waals surface area contributed by atoms with Crippen LogP contribution in [0.4, 0.5) is 5.13 Å². The SMILES string of the molecule is COc1ccc(-c2cn3nc(N4CCC[C@H](C(=O)O)C4)sc3n2)cc1. The van der Waals surface area contributed by atoms with Gasteiger partial charge in [0, 0.05) is 18.7 Å². The predicted molar refractivity (Wildman–Crippen MR) is 95.4 cm³/mol. The Morgan fingerprint density at radius 1 is 1.36 bits per heavy atom. The lowest BCUT2D eigenvalue weighted by molar-refractivity contribution is -0.141. The van der Waals surface area contributed by atoms with Crippen molar-refractivity contribution in [3.05, 3.63) is 30.5 Å². The van der Waals surface area contributed by atoms with Gasteiger partial charge in [-0.15, -0.1) is 5.10 Å². The maximum atomic E-state index is 11.2. The fourth-order valence-electron chi connectivity index (χ4n) is 3.07. The van der Waals surface area contributed by atoms with Gasteiger partial charge in [0.1, 0.15) is 5.75 Å². The second-order valence-corrected chi connectivity index (χ2v) is 7.02. The van der Waals surface area contributed by atoms with E-state index in [4.69, 9.17) is 4.74 Å². The van der Waals surface area contributed by atoms with Crippen molar-refractivity contribution in [2.24, 2.45) is 5.92 Å². The molecule has 4 rings (SSSR count). The zero-order valence-electron chi connectivity index (χ0n) is 13.8. The Balaban J connectivity index is 1.57. The molecule has 8 heteroatoms. The average Bonchev–Trinajstić information content (AvgIpc) is 3.21. The minimum Gasteiger partial charge on any atom is -0.497 e. The van der Waals surface area contributed by atoms with E-state index >= 15 is 0 Å². The van der Waals surface area contributed by atoms with Gasteiger partial charge >= 0.3 is 5.97 Å². The summed E-state index contributed by atoms with van der Waals surface area (Å²) in [5, 5.41) is 14.7. The third kappa shape index (κ3) is 3.05. The Bertz CT molecular complexity index is 871. The van der Waals surface area contributed by atoms with Crippen LogP contribution in [-0.4, -0.2) is 45.9 Å². The Labute approximate surface area is 148 Å². The van der Waals surface area contributed by atoms with E-state index in [2.05, 4.69) is 15.0 Å². The summed E-state index contributed by atoms with van der Waals surface area (Å²) in [6, 6.07) is 7.74. The fourth-order valence-corrected chi connectivity index (χ4v) is 3.99. The number of aromatic nitrogens is 3. The van der Waals surface area contributed by atoms with Crippen LogP contribution in [0.1, 0.15) is 12.8 Å². The van der Waals surface area contributed by atoms with Crippen LogP contribution in [0, 0.1) is 5.92 Å². The first-order valence-corrected chi connectivity index (χ1v) is 8.94. The number of carbonyl (C=O) groups is 1. The summed E-state index contributed by atoms with van der Waals surface area (Å²) in [4.78, 5) is 18.7. The summed E-state index contributed by atoms with van der Waals surface area (Å²) in [7, 11) is 1.64. The number of benzene rings is 1. The largest absolute Gasteiger partial charge is 0.497 e. The highest BCUT2D eigenvalue weighted by Gasteiger charge is 2.27. The standard InChI is InChI=1S/C17H18N4O3S/c1-24-13-6-4-11(5-7-13)14-10-21-16(18-14)25-17(19-21)20-8-2-3-12(9-20)15(22)23/h4-7,10,12H,2-3,8-9H2,1H3,(H,22,23)/t12-/m0/s1. The van der Waals surface area contributed by atoms with Crippen molar-refractivity contribution in [1.82, 2.24) is 14.6 Å². The molecule has 0 spiro atoms. The van der Waals surface area contributed by atoms with Crippen molar-refractivity contribution in [3.63, 3.8) is 0 Å². The molecule has 7 nitrogen and oxygen atoms in total. The Morgan fingerprint density at radius 2 is 2.16 bits per heavy atom. The van der Waals surface area contributed by atoms with Gasteiger partial charge in [0.05, 0.1) is 24.9 Å². The molecule has 1 saturated heterocycles. The van der Waals surface area contributed by atoms with Gasteiger partial charge < -0.3 is 14.7 Å². The molecule has 2 aromatic heterocycles. The molecule has 3 aromatic rings. The number of aliphatic carboxylic acids is 1. The molecule has 1 N–H and O–H groups in total. The first kappa shape index (κ1) is 15.9. The average molecular weight is 358 g/mol. The van der Waals surface area contributed by atoms with Crippen LogP contribution in [0.15, 0.2) is 30.5 Å². The van der Waals surface area contributed by atoms with Crippen molar-refractivity contribution >= 4 is 27.4 Å². The van der Waals surface area contributed by atoms with Crippen LogP contribution < -0.4 is 9.64 Å². The number of ether oxygens (including phenoxy) is 1. The number of imidazole rings is 1. The van der Waals surface area contributed by atoms with Gasteiger partial charge in [0.15, 0.2) is 0 Å². The Kier molecular flexibility index (Phi) is 4.04. The molecule has 0 amide bonds. The highest BCUT2D eigenvalue weighted by molar-refractivity contribution is 7.20. The Hall–Kier alpha value is -2.61. The number of rotatable bonds is 4. The second kappa shape index (κ2) is 6.36. The van der Waals surface area contributed by atoms with Gasteiger partial charge in [0.25, 0.3) is 0 Å². The predicted octanol–water partition coefficient (Wildman–Crippen LogP) is 2.77. The normalized spacial score (nSPS) is 17.8. The lowest BCUT2D eigenvalue weighted by Gasteiger charge is -2.29. The summed E-state index contributed by atoms with van der Waals surface area (Å²) < 4.78 is 6.94. The quantitative estimate of drug-likeness (QED) is 0.772. The summed E-state index contributed by atoms with van der Waals surface area (Å²) in [6.07, 6.45) is 3.50. The van der Waals surface area contributed by atoms with Gasteiger partial charge in [-0.1, -0.05) is 11.3 Å². The maximum absolute atomic E-state index is 11.2. The molecule has 3 heterocycles.